The highest BCUT2D eigenvalue weighted by molar-refractivity contribution is 6.46. The number of amides is 1. The molecule has 0 aromatic heterocycles. The zero-order chi connectivity index (χ0) is 23.5. The summed E-state index contributed by atoms with van der Waals surface area (Å²) >= 11 is 0. The lowest BCUT2D eigenvalue weighted by Gasteiger charge is -2.31. The van der Waals surface area contributed by atoms with Crippen molar-refractivity contribution in [1.82, 2.24) is 4.90 Å². The number of hydrogen-bond donors (Lipinski definition) is 1. The molecular weight excluding hydrogens is 422 g/mol. The third-order valence-electron chi connectivity index (χ3n) is 6.37. The van der Waals surface area contributed by atoms with Crippen LogP contribution in [0.5, 0.6) is 17.2 Å². The van der Waals surface area contributed by atoms with E-state index in [9.17, 15) is 14.7 Å². The Kier molecular flexibility index (Phi) is 6.58. The summed E-state index contributed by atoms with van der Waals surface area (Å²) in [5.74, 6) is -0.191. The molecule has 1 saturated carbocycles. The normalized spacial score (nSPS) is 20.3. The fourth-order valence-corrected chi connectivity index (χ4v) is 4.87. The van der Waals surface area contributed by atoms with Crippen molar-refractivity contribution in [1.29, 1.82) is 0 Å². The molecule has 1 N–H and O–H groups in total. The summed E-state index contributed by atoms with van der Waals surface area (Å²) in [6.07, 6.45) is 3.67. The molecule has 1 aliphatic heterocycles. The van der Waals surface area contributed by atoms with Gasteiger partial charge in [0.05, 0.1) is 32.4 Å². The predicted molar refractivity (Wildman–Crippen MR) is 124 cm³/mol. The van der Waals surface area contributed by atoms with E-state index >= 15 is 0 Å². The number of benzene rings is 2. The number of ether oxygens (including phenoxy) is 3. The third kappa shape index (κ3) is 4.03. The molecule has 33 heavy (non-hydrogen) atoms. The molecule has 2 aromatic carbocycles. The highest BCUT2D eigenvalue weighted by Crippen LogP contribution is 2.46. The number of aliphatic hydroxyl groups excluding tert-OH is 1. The van der Waals surface area contributed by atoms with Crippen molar-refractivity contribution in [3.8, 4) is 17.2 Å². The number of hydrogen-bond acceptors (Lipinski definition) is 6. The van der Waals surface area contributed by atoms with Crippen LogP contribution in [0, 0.1) is 0 Å². The fourth-order valence-electron chi connectivity index (χ4n) is 4.87. The van der Waals surface area contributed by atoms with E-state index in [4.69, 9.17) is 14.2 Å². The van der Waals surface area contributed by atoms with Gasteiger partial charge in [-0.2, -0.15) is 0 Å². The summed E-state index contributed by atoms with van der Waals surface area (Å²) in [6.45, 7) is 2.44. The Morgan fingerprint density at radius 1 is 1.00 bits per heavy atom. The molecule has 2 aromatic rings. The van der Waals surface area contributed by atoms with E-state index in [1.165, 1.54) is 14.2 Å². The van der Waals surface area contributed by atoms with E-state index in [2.05, 4.69) is 0 Å². The Balaban J connectivity index is 1.91. The largest absolute Gasteiger partial charge is 0.506 e. The van der Waals surface area contributed by atoms with E-state index in [1.54, 1.807) is 23.1 Å². The number of methoxy groups -OCH3 is 2. The number of ketones is 1. The molecule has 1 amide bonds. The first-order valence-corrected chi connectivity index (χ1v) is 11.3. The molecule has 1 unspecified atom stereocenters. The summed E-state index contributed by atoms with van der Waals surface area (Å²) in [5, 5.41) is 11.5. The molecule has 1 aliphatic carbocycles. The first-order valence-electron chi connectivity index (χ1n) is 11.3. The second-order valence-electron chi connectivity index (χ2n) is 8.18. The molecular formula is C26H29NO6. The van der Waals surface area contributed by atoms with E-state index in [-0.39, 0.29) is 22.9 Å². The number of likely N-dealkylation sites (tertiary alicyclic amines) is 1. The van der Waals surface area contributed by atoms with Crippen LogP contribution >= 0.6 is 0 Å². The van der Waals surface area contributed by atoms with Crippen LogP contribution in [0.2, 0.25) is 0 Å². The van der Waals surface area contributed by atoms with E-state index in [0.29, 0.717) is 23.9 Å². The van der Waals surface area contributed by atoms with Crippen LogP contribution in [-0.2, 0) is 9.59 Å². The molecule has 174 valence electrons. The Morgan fingerprint density at radius 3 is 2.15 bits per heavy atom. The van der Waals surface area contributed by atoms with Gasteiger partial charge in [0.25, 0.3) is 11.7 Å². The van der Waals surface area contributed by atoms with Crippen LogP contribution in [0.3, 0.4) is 0 Å². The second-order valence-corrected chi connectivity index (χ2v) is 8.18. The monoisotopic (exact) mass is 451 g/mol. The van der Waals surface area contributed by atoms with Gasteiger partial charge in [0, 0.05) is 6.04 Å². The topological polar surface area (TPSA) is 85.3 Å². The van der Waals surface area contributed by atoms with Gasteiger partial charge in [-0.05, 0) is 49.6 Å². The van der Waals surface area contributed by atoms with Crippen molar-refractivity contribution in [3.63, 3.8) is 0 Å². The standard InChI is InChI=1S/C26H29NO6/c1-4-33-18-14-12-16(13-15-18)23-22(25(29)26(30)27(23)17-8-5-6-9-17)24(28)21-19(31-2)10-7-11-20(21)32-3/h7,10-15,17,23,28H,4-6,8-9H2,1-3H3/b24-22+. The van der Waals surface area contributed by atoms with Crippen molar-refractivity contribution >= 4 is 17.4 Å². The van der Waals surface area contributed by atoms with Gasteiger partial charge < -0.3 is 24.2 Å². The summed E-state index contributed by atoms with van der Waals surface area (Å²) in [6, 6.07) is 11.6. The maximum Gasteiger partial charge on any atom is 0.295 e. The van der Waals surface area contributed by atoms with Crippen molar-refractivity contribution in [3.05, 3.63) is 59.2 Å². The molecule has 2 fully saturated rings. The Morgan fingerprint density at radius 2 is 1.61 bits per heavy atom. The molecule has 1 heterocycles. The van der Waals surface area contributed by atoms with E-state index in [0.717, 1.165) is 31.2 Å². The Hall–Kier alpha value is -3.48. The maximum atomic E-state index is 13.3. The SMILES string of the molecule is CCOc1ccc(C2/C(=C(\O)c3c(OC)cccc3OC)C(=O)C(=O)N2C2CCCC2)cc1. The van der Waals surface area contributed by atoms with Crippen molar-refractivity contribution in [2.75, 3.05) is 20.8 Å². The zero-order valence-corrected chi connectivity index (χ0v) is 19.2. The minimum atomic E-state index is -0.710. The van der Waals surface area contributed by atoms with Crippen LogP contribution < -0.4 is 14.2 Å². The average Bonchev–Trinajstić information content (AvgIpc) is 3.45. The van der Waals surface area contributed by atoms with Crippen LogP contribution in [0.1, 0.15) is 49.8 Å². The number of nitrogens with zero attached hydrogens (tertiary/aromatic N) is 1. The summed E-state index contributed by atoms with van der Waals surface area (Å²) in [5.41, 5.74) is 1.03. The van der Waals surface area contributed by atoms with Gasteiger partial charge in [0.15, 0.2) is 0 Å². The number of aliphatic hydroxyl groups is 1. The van der Waals surface area contributed by atoms with E-state index in [1.807, 2.05) is 31.2 Å². The summed E-state index contributed by atoms with van der Waals surface area (Å²) < 4.78 is 16.4. The number of carbonyl (C=O) groups is 2. The highest BCUT2D eigenvalue weighted by atomic mass is 16.5. The minimum absolute atomic E-state index is 0.0406. The van der Waals surface area contributed by atoms with Crippen LogP contribution in [0.15, 0.2) is 48.0 Å². The fraction of sp³-hybridized carbons (Fsp3) is 0.385. The lowest BCUT2D eigenvalue weighted by molar-refractivity contribution is -0.141. The molecule has 0 radical (unpaired) electrons. The predicted octanol–water partition coefficient (Wildman–Crippen LogP) is 4.47. The molecule has 4 rings (SSSR count). The second kappa shape index (κ2) is 9.57. The summed E-state index contributed by atoms with van der Waals surface area (Å²) in [4.78, 5) is 28.2. The number of Topliss-reactive ketones (excluding diaryl/α,β-unsaturated/α-hetero) is 1. The van der Waals surface area contributed by atoms with Gasteiger partial charge in [-0.1, -0.05) is 31.0 Å². The Labute approximate surface area is 193 Å². The van der Waals surface area contributed by atoms with Gasteiger partial charge >= 0.3 is 0 Å². The quantitative estimate of drug-likeness (QED) is 0.380. The molecule has 1 atom stereocenters. The molecule has 7 heteroatoms. The zero-order valence-electron chi connectivity index (χ0n) is 19.2. The van der Waals surface area contributed by atoms with Gasteiger partial charge in [-0.3, -0.25) is 9.59 Å². The van der Waals surface area contributed by atoms with Crippen LogP contribution in [0.25, 0.3) is 5.76 Å². The van der Waals surface area contributed by atoms with E-state index < -0.39 is 17.7 Å². The molecule has 0 spiro atoms. The molecule has 1 saturated heterocycles. The van der Waals surface area contributed by atoms with Crippen LogP contribution in [0.4, 0.5) is 0 Å². The first kappa shape index (κ1) is 22.7. The Bertz CT molecular complexity index is 1050. The molecule has 7 nitrogen and oxygen atoms in total. The third-order valence-corrected chi connectivity index (χ3v) is 6.37. The van der Waals surface area contributed by atoms with Crippen molar-refractivity contribution < 1.29 is 28.9 Å². The first-order chi connectivity index (χ1) is 16.0. The smallest absolute Gasteiger partial charge is 0.295 e. The van der Waals surface area contributed by atoms with Gasteiger partial charge in [0.2, 0.25) is 0 Å². The lowest BCUT2D eigenvalue weighted by Crippen LogP contribution is -2.37. The van der Waals surface area contributed by atoms with Crippen molar-refractivity contribution in [2.24, 2.45) is 0 Å². The van der Waals surface area contributed by atoms with Gasteiger partial charge in [-0.25, -0.2) is 0 Å². The van der Waals surface area contributed by atoms with Gasteiger partial charge in [-0.15, -0.1) is 0 Å². The highest BCUT2D eigenvalue weighted by Gasteiger charge is 2.49. The summed E-state index contributed by atoms with van der Waals surface area (Å²) in [7, 11) is 2.96. The molecule has 0 bridgehead atoms. The number of rotatable bonds is 7. The lowest BCUT2D eigenvalue weighted by atomic mass is 9.94. The molecule has 2 aliphatic rings. The number of carbonyl (C=O) groups excluding carboxylic acids is 2. The minimum Gasteiger partial charge on any atom is -0.506 e. The van der Waals surface area contributed by atoms with Gasteiger partial charge in [0.1, 0.15) is 28.6 Å². The average molecular weight is 452 g/mol. The van der Waals surface area contributed by atoms with Crippen molar-refractivity contribution in [2.45, 2.75) is 44.7 Å². The van der Waals surface area contributed by atoms with Crippen LogP contribution in [-0.4, -0.2) is 48.6 Å². The maximum absolute atomic E-state index is 13.3.